The Kier molecular flexibility index (Phi) is 12.5. The maximum absolute atomic E-state index is 14.3. The van der Waals surface area contributed by atoms with Crippen LogP contribution in [-0.2, 0) is 48.9 Å². The molecule has 10 nitrogen and oxygen atoms in total. The second-order valence-electron chi connectivity index (χ2n) is 11.1. The van der Waals surface area contributed by atoms with Gasteiger partial charge in [-0.3, -0.25) is 32.8 Å². The van der Waals surface area contributed by atoms with E-state index in [1.54, 1.807) is 71.9 Å². The molecule has 0 radical (unpaired) electrons. The van der Waals surface area contributed by atoms with E-state index in [2.05, 4.69) is 0 Å². The fourth-order valence-electron chi connectivity index (χ4n) is 3.27. The summed E-state index contributed by atoms with van der Waals surface area (Å²) in [6.45, 7) is 8.95. The van der Waals surface area contributed by atoms with Gasteiger partial charge in [0, 0.05) is 6.54 Å². The first-order valence-corrected chi connectivity index (χ1v) is 14.5. The molecular formula is C29H40NO9P. The molecule has 0 N–H and O–H groups in total. The fourth-order valence-corrected chi connectivity index (χ4v) is 5.07. The molecule has 220 valence electrons. The lowest BCUT2D eigenvalue weighted by molar-refractivity contribution is -0.177. The fraction of sp³-hybridized carbons (Fsp3) is 0.483. The van der Waals surface area contributed by atoms with Crippen molar-refractivity contribution in [1.29, 1.82) is 0 Å². The van der Waals surface area contributed by atoms with Gasteiger partial charge in [-0.1, -0.05) is 60.7 Å². The first-order valence-electron chi connectivity index (χ1n) is 12.9. The molecule has 0 spiro atoms. The highest BCUT2D eigenvalue weighted by atomic mass is 31.2. The second-order valence-corrected chi connectivity index (χ2v) is 13.3. The van der Waals surface area contributed by atoms with E-state index in [4.69, 9.17) is 23.4 Å². The van der Waals surface area contributed by atoms with Gasteiger partial charge in [0.25, 0.3) is 0 Å². The molecule has 0 saturated carbocycles. The summed E-state index contributed by atoms with van der Waals surface area (Å²) in [6, 6.07) is 18.1. The minimum Gasteiger partial charge on any atom is -0.438 e. The number of hydroxylamine groups is 2. The molecule has 2 aromatic rings. The SMILES string of the molecule is CC(C)(C)C(=O)OCOP(=O)(OCOC(=O)C(C)(C)C)C(CCN(C=O)OCc1ccccc1)c1ccccc1. The van der Waals surface area contributed by atoms with E-state index in [1.807, 2.05) is 30.3 Å². The van der Waals surface area contributed by atoms with Crippen molar-refractivity contribution in [2.75, 3.05) is 20.1 Å². The summed E-state index contributed by atoms with van der Waals surface area (Å²) in [5, 5.41) is 1.10. The Bertz CT molecular complexity index is 1090. The Morgan fingerprint density at radius 1 is 0.825 bits per heavy atom. The Hall–Kier alpha value is -3.04. The molecule has 40 heavy (non-hydrogen) atoms. The zero-order valence-corrected chi connectivity index (χ0v) is 24.9. The Morgan fingerprint density at radius 3 is 1.75 bits per heavy atom. The van der Waals surface area contributed by atoms with E-state index in [0.29, 0.717) is 12.0 Å². The summed E-state index contributed by atoms with van der Waals surface area (Å²) >= 11 is 0. The van der Waals surface area contributed by atoms with E-state index in [9.17, 15) is 18.9 Å². The zero-order valence-electron chi connectivity index (χ0n) is 24.0. The molecule has 0 saturated heterocycles. The molecule has 0 aliphatic rings. The van der Waals surface area contributed by atoms with Crippen molar-refractivity contribution < 1.29 is 42.3 Å². The summed E-state index contributed by atoms with van der Waals surface area (Å²) in [6.07, 6.45) is 0.628. The van der Waals surface area contributed by atoms with Crippen LogP contribution in [0.3, 0.4) is 0 Å². The normalized spacial score (nSPS) is 12.8. The third kappa shape index (κ3) is 10.8. The van der Waals surface area contributed by atoms with Crippen LogP contribution in [0.25, 0.3) is 0 Å². The van der Waals surface area contributed by atoms with Crippen molar-refractivity contribution >= 4 is 25.9 Å². The average Bonchev–Trinajstić information content (AvgIpc) is 2.90. The number of rotatable bonds is 15. The van der Waals surface area contributed by atoms with E-state index in [-0.39, 0.29) is 19.6 Å². The third-order valence-electron chi connectivity index (χ3n) is 5.62. The smallest absolute Gasteiger partial charge is 0.343 e. The van der Waals surface area contributed by atoms with Gasteiger partial charge in [-0.15, -0.1) is 0 Å². The highest BCUT2D eigenvalue weighted by molar-refractivity contribution is 7.54. The third-order valence-corrected chi connectivity index (χ3v) is 7.87. The zero-order chi connectivity index (χ0) is 29.8. The summed E-state index contributed by atoms with van der Waals surface area (Å²) in [7, 11) is -4.16. The van der Waals surface area contributed by atoms with Crippen molar-refractivity contribution in [2.45, 2.75) is 60.2 Å². The van der Waals surface area contributed by atoms with Gasteiger partial charge in [-0.25, -0.2) is 5.06 Å². The monoisotopic (exact) mass is 577 g/mol. The first-order chi connectivity index (χ1) is 18.8. The summed E-state index contributed by atoms with van der Waals surface area (Å²) in [4.78, 5) is 42.0. The standard InChI is InChI=1S/C29H40NO9P/c1-28(2,3)26(32)35-21-38-40(34,39-22-36-27(33)29(4,5)6)25(24-15-11-8-12-16-24)17-18-30(20-31)37-19-23-13-9-7-10-14-23/h7-16,20,25H,17-19,21-22H2,1-6H3. The molecule has 11 heteroatoms. The van der Waals surface area contributed by atoms with Gasteiger partial charge < -0.3 is 9.47 Å². The van der Waals surface area contributed by atoms with Crippen molar-refractivity contribution in [3.8, 4) is 0 Å². The Labute approximate surface area is 236 Å². The number of esters is 2. The Morgan fingerprint density at radius 2 is 1.30 bits per heavy atom. The van der Waals surface area contributed by atoms with Crippen LogP contribution in [0.2, 0.25) is 0 Å². The van der Waals surface area contributed by atoms with Gasteiger partial charge in [-0.2, -0.15) is 0 Å². The van der Waals surface area contributed by atoms with Crippen molar-refractivity contribution in [3.05, 3.63) is 71.8 Å². The van der Waals surface area contributed by atoms with E-state index in [1.165, 1.54) is 0 Å². The molecule has 1 unspecified atom stereocenters. The maximum atomic E-state index is 14.3. The minimum absolute atomic E-state index is 0.0379. The molecule has 2 aromatic carbocycles. The lowest BCUT2D eigenvalue weighted by atomic mass is 9.98. The van der Waals surface area contributed by atoms with Crippen LogP contribution < -0.4 is 0 Å². The van der Waals surface area contributed by atoms with Crippen LogP contribution in [0.15, 0.2) is 60.7 Å². The molecule has 0 heterocycles. The predicted molar refractivity (Wildman–Crippen MR) is 148 cm³/mol. The number of hydrogen-bond donors (Lipinski definition) is 0. The van der Waals surface area contributed by atoms with Gasteiger partial charge in [0.2, 0.25) is 20.0 Å². The highest BCUT2D eigenvalue weighted by Gasteiger charge is 2.39. The number of benzene rings is 2. The second kappa shape index (κ2) is 15.1. The van der Waals surface area contributed by atoms with Gasteiger partial charge in [0.1, 0.15) is 6.61 Å². The molecule has 0 fully saturated rings. The number of carbonyl (C=O) groups excluding carboxylic acids is 3. The summed E-state index contributed by atoms with van der Waals surface area (Å²) in [5.41, 5.74) is -1.08. The molecule has 2 rings (SSSR count). The van der Waals surface area contributed by atoms with Gasteiger partial charge in [-0.05, 0) is 59.1 Å². The van der Waals surface area contributed by atoms with E-state index >= 15 is 0 Å². The van der Waals surface area contributed by atoms with E-state index in [0.717, 1.165) is 10.6 Å². The van der Waals surface area contributed by atoms with Crippen molar-refractivity contribution in [3.63, 3.8) is 0 Å². The number of nitrogens with zero attached hydrogens (tertiary/aromatic N) is 1. The summed E-state index contributed by atoms with van der Waals surface area (Å²) in [5.74, 6) is -1.12. The van der Waals surface area contributed by atoms with Crippen LogP contribution in [0.1, 0.15) is 64.7 Å². The number of carbonyl (C=O) groups is 3. The van der Waals surface area contributed by atoms with Gasteiger partial charge >= 0.3 is 19.5 Å². The van der Waals surface area contributed by atoms with Crippen LogP contribution in [-0.4, -0.2) is 43.5 Å². The quantitative estimate of drug-likeness (QED) is 0.0822. The molecule has 0 aliphatic carbocycles. The lowest BCUT2D eigenvalue weighted by Gasteiger charge is -2.29. The van der Waals surface area contributed by atoms with Crippen LogP contribution in [0.4, 0.5) is 0 Å². The topological polar surface area (TPSA) is 118 Å². The number of ether oxygens (including phenoxy) is 2. The lowest BCUT2D eigenvalue weighted by Crippen LogP contribution is -2.27. The predicted octanol–water partition coefficient (Wildman–Crippen LogP) is 6.03. The molecule has 1 amide bonds. The largest absolute Gasteiger partial charge is 0.438 e. The van der Waals surface area contributed by atoms with Crippen LogP contribution in [0.5, 0.6) is 0 Å². The molecule has 0 bridgehead atoms. The van der Waals surface area contributed by atoms with E-state index < -0.39 is 49.6 Å². The van der Waals surface area contributed by atoms with Crippen LogP contribution in [0, 0.1) is 10.8 Å². The van der Waals surface area contributed by atoms with Gasteiger partial charge in [0.15, 0.2) is 0 Å². The molecule has 0 aromatic heterocycles. The maximum Gasteiger partial charge on any atom is 0.343 e. The number of amides is 1. The minimum atomic E-state index is -4.16. The van der Waals surface area contributed by atoms with Crippen molar-refractivity contribution in [2.24, 2.45) is 10.8 Å². The van der Waals surface area contributed by atoms with Gasteiger partial charge in [0.05, 0.1) is 16.5 Å². The molecule has 0 aliphatic heterocycles. The Balaban J connectivity index is 2.25. The van der Waals surface area contributed by atoms with Crippen LogP contribution >= 0.6 is 7.60 Å². The van der Waals surface area contributed by atoms with Crippen molar-refractivity contribution in [1.82, 2.24) is 5.06 Å². The molecule has 1 atom stereocenters. The average molecular weight is 578 g/mol. The first kappa shape index (κ1) is 33.2. The number of hydrogen-bond acceptors (Lipinski definition) is 9. The molecular weight excluding hydrogens is 537 g/mol. The highest BCUT2D eigenvalue weighted by Crippen LogP contribution is 2.62. The summed E-state index contributed by atoms with van der Waals surface area (Å²) < 4.78 is 35.9.